The molecule has 0 unspecified atom stereocenters. The van der Waals surface area contributed by atoms with E-state index in [1.807, 2.05) is 0 Å². The third-order valence-electron chi connectivity index (χ3n) is 2.10. The van der Waals surface area contributed by atoms with Gasteiger partial charge in [-0.25, -0.2) is 0 Å². The molecule has 0 spiro atoms. The lowest BCUT2D eigenvalue weighted by molar-refractivity contribution is -0.139. The Labute approximate surface area is 92.1 Å². The first-order valence-corrected chi connectivity index (χ1v) is 6.03. The molecule has 1 rings (SSSR count). The van der Waals surface area contributed by atoms with E-state index in [2.05, 4.69) is 5.32 Å². The van der Waals surface area contributed by atoms with Crippen molar-refractivity contribution in [1.82, 2.24) is 5.32 Å². The number of carboxylic acids is 1. The van der Waals surface area contributed by atoms with Gasteiger partial charge in [-0.05, 0) is 24.7 Å². The van der Waals surface area contributed by atoms with Gasteiger partial charge < -0.3 is 20.2 Å². The van der Waals surface area contributed by atoms with Gasteiger partial charge in [0.25, 0.3) is 0 Å². The minimum Gasteiger partial charge on any atom is -0.480 e. The zero-order valence-corrected chi connectivity index (χ0v) is 9.39. The van der Waals surface area contributed by atoms with E-state index in [4.69, 9.17) is 14.9 Å². The number of aliphatic carboxylic acids is 1. The normalized spacial score (nSPS) is 13.4. The summed E-state index contributed by atoms with van der Waals surface area (Å²) in [7, 11) is -2.77. The highest BCUT2D eigenvalue weighted by Gasteiger charge is 2.20. The van der Waals surface area contributed by atoms with Gasteiger partial charge in [0.1, 0.15) is 6.04 Å². The Kier molecular flexibility index (Phi) is 3.83. The molecule has 0 aliphatic heterocycles. The van der Waals surface area contributed by atoms with E-state index in [1.165, 1.54) is 31.3 Å². The quantitative estimate of drug-likeness (QED) is 0.549. The van der Waals surface area contributed by atoms with Crippen molar-refractivity contribution >= 4 is 18.9 Å². The van der Waals surface area contributed by atoms with Gasteiger partial charge in [-0.2, -0.15) is 0 Å². The molecule has 1 aromatic rings. The minimum absolute atomic E-state index is 0.128. The third-order valence-corrected chi connectivity index (χ3v) is 3.07. The SMILES string of the molecule is CN[C@H](C(=O)O)c1ccc(P(=O)(O)O)cc1. The summed E-state index contributed by atoms with van der Waals surface area (Å²) < 4.78 is 10.9. The average Bonchev–Trinajstić information content (AvgIpc) is 2.17. The first kappa shape index (κ1) is 12.9. The maximum atomic E-state index is 10.9. The highest BCUT2D eigenvalue weighted by Crippen LogP contribution is 2.33. The molecule has 16 heavy (non-hydrogen) atoms. The van der Waals surface area contributed by atoms with E-state index in [9.17, 15) is 9.36 Å². The second-order valence-corrected chi connectivity index (χ2v) is 4.80. The van der Waals surface area contributed by atoms with Crippen molar-refractivity contribution in [3.63, 3.8) is 0 Å². The van der Waals surface area contributed by atoms with Gasteiger partial charge in [-0.15, -0.1) is 0 Å². The summed E-state index contributed by atoms with van der Waals surface area (Å²) in [5.74, 6) is -1.05. The number of rotatable bonds is 4. The number of hydrogen-bond donors (Lipinski definition) is 4. The summed E-state index contributed by atoms with van der Waals surface area (Å²) >= 11 is 0. The van der Waals surface area contributed by atoms with Crippen LogP contribution < -0.4 is 10.6 Å². The predicted molar refractivity (Wildman–Crippen MR) is 57.6 cm³/mol. The third kappa shape index (κ3) is 2.90. The topological polar surface area (TPSA) is 107 Å². The van der Waals surface area contributed by atoms with Crippen LogP contribution in [0.2, 0.25) is 0 Å². The summed E-state index contributed by atoms with van der Waals surface area (Å²) in [4.78, 5) is 28.5. The Morgan fingerprint density at radius 3 is 2.12 bits per heavy atom. The molecule has 0 aromatic heterocycles. The first-order valence-electron chi connectivity index (χ1n) is 4.42. The van der Waals surface area contributed by atoms with E-state index < -0.39 is 19.6 Å². The largest absolute Gasteiger partial charge is 0.480 e. The number of benzene rings is 1. The lowest BCUT2D eigenvalue weighted by Crippen LogP contribution is -2.25. The second kappa shape index (κ2) is 4.76. The van der Waals surface area contributed by atoms with Crippen molar-refractivity contribution < 1.29 is 24.3 Å². The molecule has 4 N–H and O–H groups in total. The van der Waals surface area contributed by atoms with Crippen molar-refractivity contribution in [2.75, 3.05) is 7.05 Å². The number of hydrogen-bond acceptors (Lipinski definition) is 3. The van der Waals surface area contributed by atoms with E-state index >= 15 is 0 Å². The monoisotopic (exact) mass is 245 g/mol. The van der Waals surface area contributed by atoms with Crippen LogP contribution in [-0.2, 0) is 9.36 Å². The molecule has 0 aliphatic carbocycles. The molecule has 7 heteroatoms. The Balaban J connectivity index is 3.03. The van der Waals surface area contributed by atoms with Crippen LogP contribution in [0.15, 0.2) is 24.3 Å². The Morgan fingerprint density at radius 2 is 1.81 bits per heavy atom. The van der Waals surface area contributed by atoms with Gasteiger partial charge in [-0.1, -0.05) is 12.1 Å². The number of likely N-dealkylation sites (N-methyl/N-ethyl adjacent to an activating group) is 1. The van der Waals surface area contributed by atoms with Gasteiger partial charge in [-0.3, -0.25) is 9.36 Å². The maximum absolute atomic E-state index is 10.9. The molecule has 0 saturated carbocycles. The summed E-state index contributed by atoms with van der Waals surface area (Å²) in [5, 5.41) is 11.3. The number of nitrogens with one attached hydrogen (secondary N) is 1. The Morgan fingerprint density at radius 1 is 1.31 bits per heavy atom. The second-order valence-electron chi connectivity index (χ2n) is 3.20. The van der Waals surface area contributed by atoms with E-state index in [-0.39, 0.29) is 5.30 Å². The molecule has 0 radical (unpaired) electrons. The molecular formula is C9H12NO5P. The lowest BCUT2D eigenvalue weighted by Gasteiger charge is -2.12. The number of carboxylic acid groups (broad SMARTS) is 1. The zero-order chi connectivity index (χ0) is 12.3. The van der Waals surface area contributed by atoms with Crippen LogP contribution in [0.5, 0.6) is 0 Å². The molecule has 0 saturated heterocycles. The lowest BCUT2D eigenvalue weighted by atomic mass is 10.1. The van der Waals surface area contributed by atoms with Crippen LogP contribution in [0.4, 0.5) is 0 Å². The molecule has 88 valence electrons. The molecule has 1 aromatic carbocycles. The molecule has 0 amide bonds. The smallest absolute Gasteiger partial charge is 0.356 e. The van der Waals surface area contributed by atoms with E-state index in [0.717, 1.165) is 0 Å². The van der Waals surface area contributed by atoms with E-state index in [1.54, 1.807) is 0 Å². The Hall–Kier alpha value is -1.20. The molecule has 0 heterocycles. The summed E-state index contributed by atoms with van der Waals surface area (Å²) in [5.41, 5.74) is 0.437. The van der Waals surface area contributed by atoms with Crippen LogP contribution >= 0.6 is 7.60 Å². The first-order chi connectivity index (χ1) is 7.36. The summed E-state index contributed by atoms with van der Waals surface area (Å²) in [6.45, 7) is 0. The van der Waals surface area contributed by atoms with Crippen molar-refractivity contribution in [2.24, 2.45) is 0 Å². The highest BCUT2D eigenvalue weighted by molar-refractivity contribution is 7.60. The molecule has 6 nitrogen and oxygen atoms in total. The fourth-order valence-electron chi connectivity index (χ4n) is 1.29. The fraction of sp³-hybridized carbons (Fsp3) is 0.222. The fourth-order valence-corrected chi connectivity index (χ4v) is 1.83. The molecule has 0 bridgehead atoms. The maximum Gasteiger partial charge on any atom is 0.356 e. The van der Waals surface area contributed by atoms with Crippen LogP contribution in [0.3, 0.4) is 0 Å². The number of carbonyl (C=O) groups is 1. The van der Waals surface area contributed by atoms with Crippen molar-refractivity contribution in [3.05, 3.63) is 29.8 Å². The van der Waals surface area contributed by atoms with Crippen LogP contribution in [-0.4, -0.2) is 27.9 Å². The molecule has 0 aliphatic rings. The van der Waals surface area contributed by atoms with Crippen molar-refractivity contribution in [1.29, 1.82) is 0 Å². The van der Waals surface area contributed by atoms with Crippen LogP contribution in [0.1, 0.15) is 11.6 Å². The van der Waals surface area contributed by atoms with Crippen molar-refractivity contribution in [3.8, 4) is 0 Å². The van der Waals surface area contributed by atoms with E-state index in [0.29, 0.717) is 5.56 Å². The summed E-state index contributed by atoms with van der Waals surface area (Å²) in [6, 6.07) is 4.33. The van der Waals surface area contributed by atoms with Gasteiger partial charge in [0.15, 0.2) is 0 Å². The van der Waals surface area contributed by atoms with Gasteiger partial charge in [0, 0.05) is 0 Å². The zero-order valence-electron chi connectivity index (χ0n) is 8.49. The molecule has 1 atom stereocenters. The van der Waals surface area contributed by atoms with Gasteiger partial charge in [0.2, 0.25) is 0 Å². The van der Waals surface area contributed by atoms with Crippen LogP contribution in [0, 0.1) is 0 Å². The Bertz CT molecular complexity index is 424. The minimum atomic E-state index is -4.27. The van der Waals surface area contributed by atoms with Gasteiger partial charge >= 0.3 is 13.6 Å². The highest BCUT2D eigenvalue weighted by atomic mass is 31.2. The van der Waals surface area contributed by atoms with Gasteiger partial charge in [0.05, 0.1) is 5.30 Å². The molecule has 0 fully saturated rings. The predicted octanol–water partition coefficient (Wildman–Crippen LogP) is -0.165. The van der Waals surface area contributed by atoms with Crippen molar-refractivity contribution in [2.45, 2.75) is 6.04 Å². The summed E-state index contributed by atoms with van der Waals surface area (Å²) in [6.07, 6.45) is 0. The standard InChI is InChI=1S/C9H12NO5P/c1-10-8(9(11)12)6-2-4-7(5-3-6)16(13,14)15/h2-5,8,10H,1H3,(H,11,12)(H2,13,14,15)/t8-/m0/s1. The van der Waals surface area contributed by atoms with Crippen LogP contribution in [0.25, 0.3) is 0 Å². The molecular weight excluding hydrogens is 233 g/mol. The average molecular weight is 245 g/mol.